The fraction of sp³-hybridized carbons (Fsp3) is 0.179. The minimum atomic E-state index is 0.605. The number of hydrogen-bond acceptors (Lipinski definition) is 3. The third-order valence-electron chi connectivity index (χ3n) is 5.57. The van der Waals surface area contributed by atoms with Gasteiger partial charge in [-0.1, -0.05) is 70.0 Å². The fourth-order valence-electron chi connectivity index (χ4n) is 3.96. The van der Waals surface area contributed by atoms with Gasteiger partial charge in [0.2, 0.25) is 5.88 Å². The predicted octanol–water partition coefficient (Wildman–Crippen LogP) is 7.57. The first-order valence-electron chi connectivity index (χ1n) is 10.8. The molecule has 3 aromatic carbocycles. The van der Waals surface area contributed by atoms with E-state index in [0.717, 1.165) is 45.0 Å². The molecule has 168 valence electrons. The van der Waals surface area contributed by atoms with E-state index in [4.69, 9.17) is 21.3 Å². The number of benzene rings is 3. The van der Waals surface area contributed by atoms with Gasteiger partial charge in [-0.3, -0.25) is 0 Å². The van der Waals surface area contributed by atoms with Crippen LogP contribution in [-0.4, -0.2) is 37.6 Å². The van der Waals surface area contributed by atoms with Gasteiger partial charge < -0.3 is 9.64 Å². The molecule has 0 radical (unpaired) electrons. The largest absolute Gasteiger partial charge is 0.481 e. The van der Waals surface area contributed by atoms with Crippen molar-refractivity contribution >= 4 is 49.6 Å². The summed E-state index contributed by atoms with van der Waals surface area (Å²) in [6.07, 6.45) is 0.870. The van der Waals surface area contributed by atoms with Gasteiger partial charge in [0.05, 0.1) is 12.6 Å². The maximum Gasteiger partial charge on any atom is 0.221 e. The molecule has 1 heterocycles. The first kappa shape index (κ1) is 23.5. The number of rotatable bonds is 7. The summed E-state index contributed by atoms with van der Waals surface area (Å²) in [6.45, 7) is 0.913. The molecular weight excluding hydrogens is 496 g/mol. The van der Waals surface area contributed by atoms with E-state index < -0.39 is 0 Å². The molecule has 0 aliphatic rings. The van der Waals surface area contributed by atoms with Crippen LogP contribution in [0.4, 0.5) is 0 Å². The molecule has 5 heteroatoms. The van der Waals surface area contributed by atoms with Crippen molar-refractivity contribution in [3.8, 4) is 5.88 Å². The lowest BCUT2D eigenvalue weighted by Crippen LogP contribution is -2.14. The van der Waals surface area contributed by atoms with Gasteiger partial charge >= 0.3 is 0 Å². The molecule has 0 aliphatic carbocycles. The highest BCUT2D eigenvalue weighted by atomic mass is 79.9. The van der Waals surface area contributed by atoms with Gasteiger partial charge in [0, 0.05) is 27.0 Å². The highest BCUT2D eigenvalue weighted by Crippen LogP contribution is 2.40. The predicted molar refractivity (Wildman–Crippen MR) is 143 cm³/mol. The Kier molecular flexibility index (Phi) is 7.49. The van der Waals surface area contributed by atoms with Gasteiger partial charge in [0.25, 0.3) is 0 Å². The first-order chi connectivity index (χ1) is 16.0. The second-order valence-electron chi connectivity index (χ2n) is 8.16. The maximum absolute atomic E-state index is 6.25. The van der Waals surface area contributed by atoms with Crippen LogP contribution in [0.5, 0.6) is 5.88 Å². The Labute approximate surface area is 208 Å². The lowest BCUT2D eigenvalue weighted by Gasteiger charge is -2.21. The third kappa shape index (κ3) is 5.47. The molecule has 0 N–H and O–H groups in total. The molecule has 0 fully saturated rings. The Hall–Kier alpha value is -2.66. The van der Waals surface area contributed by atoms with Crippen molar-refractivity contribution < 1.29 is 4.74 Å². The van der Waals surface area contributed by atoms with Crippen molar-refractivity contribution in [2.45, 2.75) is 6.42 Å². The average molecular weight is 522 g/mol. The standard InChI is InChI=1S/C28H26BrClN2O/c1-32(2)16-15-24(19-7-5-4-6-8-19)27(20-9-12-23(30)13-10-20)25-18-21-17-22(29)11-14-26(21)31-28(25)33-3/h4-14,17-18H,15-16H2,1-3H3/b27-24-. The van der Waals surface area contributed by atoms with Crippen LogP contribution < -0.4 is 4.74 Å². The molecule has 0 aliphatic heterocycles. The van der Waals surface area contributed by atoms with Gasteiger partial charge in [0.1, 0.15) is 0 Å². The van der Waals surface area contributed by atoms with E-state index in [1.54, 1.807) is 7.11 Å². The zero-order valence-corrected chi connectivity index (χ0v) is 21.3. The van der Waals surface area contributed by atoms with Crippen LogP contribution in [0.2, 0.25) is 5.02 Å². The fourth-order valence-corrected chi connectivity index (χ4v) is 4.47. The Morgan fingerprint density at radius 3 is 2.33 bits per heavy atom. The SMILES string of the molecule is COc1nc2ccc(Br)cc2cc1/C(=C(/CCN(C)C)c1ccccc1)c1ccc(Cl)cc1. The quantitative estimate of drug-likeness (QED) is 0.235. The van der Waals surface area contributed by atoms with Crippen LogP contribution in [0.1, 0.15) is 23.1 Å². The number of methoxy groups -OCH3 is 1. The van der Waals surface area contributed by atoms with Crippen LogP contribution in [0, 0.1) is 0 Å². The lowest BCUT2D eigenvalue weighted by atomic mass is 9.87. The van der Waals surface area contributed by atoms with Crippen molar-refractivity contribution in [3.63, 3.8) is 0 Å². The van der Waals surface area contributed by atoms with Crippen LogP contribution in [-0.2, 0) is 0 Å². The summed E-state index contributed by atoms with van der Waals surface area (Å²) in [5.74, 6) is 0.605. The Morgan fingerprint density at radius 1 is 0.939 bits per heavy atom. The van der Waals surface area contributed by atoms with Crippen LogP contribution >= 0.6 is 27.5 Å². The molecule has 0 bridgehead atoms. The second-order valence-corrected chi connectivity index (χ2v) is 9.51. The minimum absolute atomic E-state index is 0.605. The van der Waals surface area contributed by atoms with E-state index >= 15 is 0 Å². The number of nitrogens with zero attached hydrogens (tertiary/aromatic N) is 2. The summed E-state index contributed by atoms with van der Waals surface area (Å²) >= 11 is 9.85. The molecule has 4 rings (SSSR count). The van der Waals surface area contributed by atoms with E-state index in [1.807, 2.05) is 30.3 Å². The van der Waals surface area contributed by atoms with E-state index in [2.05, 4.69) is 83.5 Å². The molecule has 3 nitrogen and oxygen atoms in total. The van der Waals surface area contributed by atoms with Crippen LogP contribution in [0.25, 0.3) is 22.0 Å². The van der Waals surface area contributed by atoms with E-state index in [1.165, 1.54) is 11.1 Å². The normalized spacial score (nSPS) is 12.2. The van der Waals surface area contributed by atoms with Gasteiger partial charge in [-0.25, -0.2) is 4.98 Å². The van der Waals surface area contributed by atoms with Crippen molar-refractivity contribution in [1.29, 1.82) is 0 Å². The number of aromatic nitrogens is 1. The molecule has 4 aromatic rings. The van der Waals surface area contributed by atoms with Crippen LogP contribution in [0.3, 0.4) is 0 Å². The average Bonchev–Trinajstić information content (AvgIpc) is 2.82. The van der Waals surface area contributed by atoms with Gasteiger partial charge in [0.15, 0.2) is 0 Å². The minimum Gasteiger partial charge on any atom is -0.481 e. The molecule has 33 heavy (non-hydrogen) atoms. The van der Waals surface area contributed by atoms with Crippen molar-refractivity contribution in [3.05, 3.63) is 105 Å². The van der Waals surface area contributed by atoms with E-state index in [-0.39, 0.29) is 0 Å². The Bertz CT molecular complexity index is 1280. The molecule has 1 aromatic heterocycles. The van der Waals surface area contributed by atoms with Crippen LogP contribution in [0.15, 0.2) is 83.3 Å². The summed E-state index contributed by atoms with van der Waals surface area (Å²) in [6, 6.07) is 26.8. The van der Waals surface area contributed by atoms with Gasteiger partial charge in [-0.15, -0.1) is 0 Å². The molecule has 0 unspecified atom stereocenters. The van der Waals surface area contributed by atoms with Gasteiger partial charge in [-0.2, -0.15) is 0 Å². The summed E-state index contributed by atoms with van der Waals surface area (Å²) in [4.78, 5) is 7.06. The second kappa shape index (κ2) is 10.5. The molecule has 0 saturated carbocycles. The summed E-state index contributed by atoms with van der Waals surface area (Å²) in [5.41, 5.74) is 6.45. The molecular formula is C28H26BrClN2O. The number of hydrogen-bond donors (Lipinski definition) is 0. The monoisotopic (exact) mass is 520 g/mol. The van der Waals surface area contributed by atoms with Crippen molar-refractivity contribution in [2.75, 3.05) is 27.7 Å². The highest BCUT2D eigenvalue weighted by Gasteiger charge is 2.20. The molecule has 0 spiro atoms. The number of pyridine rings is 1. The third-order valence-corrected chi connectivity index (χ3v) is 6.32. The summed E-state index contributed by atoms with van der Waals surface area (Å²) in [5, 5.41) is 1.76. The highest BCUT2D eigenvalue weighted by molar-refractivity contribution is 9.10. The zero-order chi connectivity index (χ0) is 23.4. The number of fused-ring (bicyclic) bond motifs is 1. The molecule has 0 saturated heterocycles. The summed E-state index contributed by atoms with van der Waals surface area (Å²) < 4.78 is 6.84. The molecule has 0 atom stereocenters. The van der Waals surface area contributed by atoms with E-state index in [9.17, 15) is 0 Å². The maximum atomic E-state index is 6.25. The topological polar surface area (TPSA) is 25.4 Å². The van der Waals surface area contributed by atoms with E-state index in [0.29, 0.717) is 10.9 Å². The lowest BCUT2D eigenvalue weighted by molar-refractivity contribution is 0.398. The smallest absolute Gasteiger partial charge is 0.221 e. The number of halogens is 2. The Balaban J connectivity index is 2.07. The molecule has 0 amide bonds. The summed E-state index contributed by atoms with van der Waals surface area (Å²) in [7, 11) is 5.87. The first-order valence-corrected chi connectivity index (χ1v) is 12.0. The van der Waals surface area contributed by atoms with Crippen molar-refractivity contribution in [1.82, 2.24) is 9.88 Å². The van der Waals surface area contributed by atoms with Crippen molar-refractivity contribution in [2.24, 2.45) is 0 Å². The zero-order valence-electron chi connectivity index (χ0n) is 19.0. The van der Waals surface area contributed by atoms with Gasteiger partial charge in [-0.05, 0) is 79.2 Å². The Morgan fingerprint density at radius 2 is 1.67 bits per heavy atom. The number of ether oxygens (including phenoxy) is 1.